The van der Waals surface area contributed by atoms with Crippen molar-refractivity contribution in [1.82, 2.24) is 9.88 Å². The van der Waals surface area contributed by atoms with Crippen molar-refractivity contribution in [2.24, 2.45) is 0 Å². The highest BCUT2D eigenvalue weighted by Crippen LogP contribution is 2.30. The van der Waals surface area contributed by atoms with Gasteiger partial charge < -0.3 is 20.0 Å². The maximum absolute atomic E-state index is 9.55. The Morgan fingerprint density at radius 1 is 0.841 bits per heavy atom. The third-order valence-electron chi connectivity index (χ3n) is 7.18. The number of piperazine rings is 1. The van der Waals surface area contributed by atoms with Gasteiger partial charge in [-0.15, -0.1) is 0 Å². The highest BCUT2D eigenvalue weighted by atomic mass is 35.5. The summed E-state index contributed by atoms with van der Waals surface area (Å²) in [5, 5.41) is 18.0. The monoisotopic (exact) mass is 654 g/mol. The Morgan fingerprint density at radius 3 is 2.18 bits per heavy atom. The zero-order chi connectivity index (χ0) is 31.3. The number of halogens is 2. The smallest absolute Gasteiger partial charge is 0.328 e. The van der Waals surface area contributed by atoms with E-state index in [1.165, 1.54) is 29.5 Å². The molecule has 0 spiro atoms. The zero-order valence-electron chi connectivity index (χ0n) is 24.3. The molecule has 8 nitrogen and oxygen atoms in total. The highest BCUT2D eigenvalue weighted by Gasteiger charge is 2.18. The summed E-state index contributed by atoms with van der Waals surface area (Å²) in [6.45, 7) is 7.32. The van der Waals surface area contributed by atoms with E-state index in [1.807, 2.05) is 12.1 Å². The van der Waals surface area contributed by atoms with Crippen molar-refractivity contribution in [3.63, 3.8) is 0 Å². The molecule has 3 aromatic carbocycles. The number of carbonyl (C=O) groups is 2. The molecule has 232 valence electrons. The molecule has 0 radical (unpaired) electrons. The lowest BCUT2D eigenvalue weighted by molar-refractivity contribution is -0.134. The summed E-state index contributed by atoms with van der Waals surface area (Å²) in [4.78, 5) is 31.5. The van der Waals surface area contributed by atoms with E-state index < -0.39 is 11.9 Å². The summed E-state index contributed by atoms with van der Waals surface area (Å²) < 4.78 is 1.26. The average Bonchev–Trinajstić information content (AvgIpc) is 3.46. The number of thiazole rings is 1. The summed E-state index contributed by atoms with van der Waals surface area (Å²) in [5.74, 6) is -2.51. The summed E-state index contributed by atoms with van der Waals surface area (Å²) in [6.07, 6.45) is 4.74. The minimum absolute atomic E-state index is 0.558. The van der Waals surface area contributed by atoms with Crippen LogP contribution in [-0.2, 0) is 16.1 Å². The van der Waals surface area contributed by atoms with Gasteiger partial charge in [0, 0.05) is 57.1 Å². The summed E-state index contributed by atoms with van der Waals surface area (Å²) >= 11 is 14.1. The fourth-order valence-electron chi connectivity index (χ4n) is 4.91. The Kier molecular flexibility index (Phi) is 12.9. The molecule has 0 bridgehead atoms. The Morgan fingerprint density at radius 2 is 1.52 bits per heavy atom. The SMILES string of the molecule is Clc1ccc(N2CCN(CCCCCN(Cc3ccccc3)c3nc4ccccc4s3)CC2)cc1Cl.O=C(O)/C=C/C(=O)O. The quantitative estimate of drug-likeness (QED) is 0.121. The zero-order valence-corrected chi connectivity index (χ0v) is 26.6. The van der Waals surface area contributed by atoms with Crippen molar-refractivity contribution >= 4 is 67.5 Å². The van der Waals surface area contributed by atoms with Crippen molar-refractivity contribution < 1.29 is 19.8 Å². The first-order chi connectivity index (χ1) is 21.3. The van der Waals surface area contributed by atoms with E-state index in [9.17, 15) is 9.59 Å². The second kappa shape index (κ2) is 17.0. The molecule has 4 aromatic rings. The van der Waals surface area contributed by atoms with Crippen LogP contribution in [0.15, 0.2) is 84.9 Å². The van der Waals surface area contributed by atoms with Crippen LogP contribution < -0.4 is 9.80 Å². The van der Waals surface area contributed by atoms with E-state index in [0.29, 0.717) is 22.2 Å². The lowest BCUT2D eigenvalue weighted by Crippen LogP contribution is -2.46. The first kappa shape index (κ1) is 33.3. The molecular formula is C33H36Cl2N4O4S. The number of nitrogens with zero attached hydrogens (tertiary/aromatic N) is 4. The number of carboxylic acid groups (broad SMARTS) is 2. The second-order valence-electron chi connectivity index (χ2n) is 10.4. The van der Waals surface area contributed by atoms with Crippen LogP contribution >= 0.6 is 34.5 Å². The minimum Gasteiger partial charge on any atom is -0.478 e. The van der Waals surface area contributed by atoms with E-state index in [1.54, 1.807) is 11.3 Å². The van der Waals surface area contributed by atoms with Crippen molar-refractivity contribution in [2.45, 2.75) is 25.8 Å². The maximum Gasteiger partial charge on any atom is 0.328 e. The van der Waals surface area contributed by atoms with Gasteiger partial charge in [0.25, 0.3) is 0 Å². The summed E-state index contributed by atoms with van der Waals surface area (Å²) in [5.41, 5.74) is 3.59. The van der Waals surface area contributed by atoms with Crippen molar-refractivity contribution in [2.75, 3.05) is 49.1 Å². The Labute approximate surface area is 271 Å². The van der Waals surface area contributed by atoms with Crippen LogP contribution in [0.5, 0.6) is 0 Å². The molecule has 1 aliphatic rings. The molecular weight excluding hydrogens is 619 g/mol. The molecule has 0 amide bonds. The molecule has 1 aliphatic heterocycles. The number of hydrogen-bond acceptors (Lipinski definition) is 7. The van der Waals surface area contributed by atoms with Gasteiger partial charge >= 0.3 is 11.9 Å². The number of aromatic nitrogens is 1. The molecule has 0 saturated carbocycles. The van der Waals surface area contributed by atoms with E-state index in [0.717, 1.165) is 62.1 Å². The minimum atomic E-state index is -1.26. The number of aliphatic carboxylic acids is 2. The molecule has 2 N–H and O–H groups in total. The topological polar surface area (TPSA) is 97.2 Å². The van der Waals surface area contributed by atoms with E-state index in [4.69, 9.17) is 38.4 Å². The normalized spacial score (nSPS) is 13.5. The fourth-order valence-corrected chi connectivity index (χ4v) is 6.19. The molecule has 2 heterocycles. The average molecular weight is 656 g/mol. The number of anilines is 2. The van der Waals surface area contributed by atoms with Crippen LogP contribution in [0.1, 0.15) is 24.8 Å². The molecule has 11 heteroatoms. The van der Waals surface area contributed by atoms with Gasteiger partial charge in [0.2, 0.25) is 0 Å². The van der Waals surface area contributed by atoms with Gasteiger partial charge in [-0.1, -0.05) is 83.4 Å². The van der Waals surface area contributed by atoms with Crippen LogP contribution in [0.4, 0.5) is 10.8 Å². The number of benzene rings is 3. The van der Waals surface area contributed by atoms with Crippen molar-refractivity contribution in [3.05, 3.63) is 101 Å². The van der Waals surface area contributed by atoms with E-state index in [2.05, 4.69) is 75.4 Å². The number of rotatable bonds is 12. The molecule has 44 heavy (non-hydrogen) atoms. The number of fused-ring (bicyclic) bond motifs is 1. The van der Waals surface area contributed by atoms with Crippen molar-refractivity contribution in [3.8, 4) is 0 Å². The third-order valence-corrected chi connectivity index (χ3v) is 9.02. The van der Waals surface area contributed by atoms with Crippen LogP contribution in [-0.4, -0.2) is 71.3 Å². The highest BCUT2D eigenvalue weighted by molar-refractivity contribution is 7.22. The van der Waals surface area contributed by atoms with Gasteiger partial charge in [0.05, 0.1) is 20.3 Å². The van der Waals surface area contributed by atoms with Gasteiger partial charge in [0.1, 0.15) is 0 Å². The predicted molar refractivity (Wildman–Crippen MR) is 180 cm³/mol. The number of carboxylic acids is 2. The van der Waals surface area contributed by atoms with Crippen LogP contribution in [0.2, 0.25) is 10.0 Å². The van der Waals surface area contributed by atoms with Crippen LogP contribution in [0.25, 0.3) is 10.2 Å². The molecule has 1 saturated heterocycles. The first-order valence-electron chi connectivity index (χ1n) is 14.5. The van der Waals surface area contributed by atoms with Gasteiger partial charge in [-0.05, 0) is 55.3 Å². The van der Waals surface area contributed by atoms with Gasteiger partial charge in [-0.25, -0.2) is 14.6 Å². The lowest BCUT2D eigenvalue weighted by atomic mass is 10.2. The Hall–Kier alpha value is -3.63. The summed E-state index contributed by atoms with van der Waals surface area (Å²) in [7, 11) is 0. The predicted octanol–water partition coefficient (Wildman–Crippen LogP) is 7.31. The number of unbranched alkanes of at least 4 members (excludes halogenated alkanes) is 2. The Bertz CT molecular complexity index is 1490. The first-order valence-corrected chi connectivity index (χ1v) is 16.1. The molecule has 0 aliphatic carbocycles. The molecule has 1 aromatic heterocycles. The molecule has 0 unspecified atom stereocenters. The molecule has 1 fully saturated rings. The largest absolute Gasteiger partial charge is 0.478 e. The van der Waals surface area contributed by atoms with Crippen LogP contribution in [0, 0.1) is 0 Å². The molecule has 5 rings (SSSR count). The van der Waals surface area contributed by atoms with Gasteiger partial charge in [-0.3, -0.25) is 4.90 Å². The maximum atomic E-state index is 9.55. The lowest BCUT2D eigenvalue weighted by Gasteiger charge is -2.36. The second-order valence-corrected chi connectivity index (χ2v) is 12.2. The molecule has 0 atom stereocenters. The van der Waals surface area contributed by atoms with Crippen molar-refractivity contribution in [1.29, 1.82) is 0 Å². The number of para-hydroxylation sites is 1. The van der Waals surface area contributed by atoms with Gasteiger partial charge in [0.15, 0.2) is 5.13 Å². The van der Waals surface area contributed by atoms with E-state index in [-0.39, 0.29) is 0 Å². The van der Waals surface area contributed by atoms with Crippen LogP contribution in [0.3, 0.4) is 0 Å². The standard InChI is InChI=1S/C29H32Cl2N4S.C4H4O4/c30-25-14-13-24(21-26(25)31)34-19-17-33(18-20-34)15-7-2-8-16-35(22-23-9-3-1-4-10-23)29-32-27-11-5-6-12-28(27)36-29;5-3(6)1-2-4(7)8/h1,3-6,9-14,21H,2,7-8,15-20,22H2;1-2H,(H,5,6)(H,7,8)/b;2-1+. The third kappa shape index (κ3) is 10.5. The Balaban J connectivity index is 0.000000488. The fraction of sp³-hybridized carbons (Fsp3) is 0.303. The summed E-state index contributed by atoms with van der Waals surface area (Å²) in [6, 6.07) is 25.1. The van der Waals surface area contributed by atoms with E-state index >= 15 is 0 Å². The van der Waals surface area contributed by atoms with Gasteiger partial charge in [-0.2, -0.15) is 0 Å². The number of hydrogen-bond donors (Lipinski definition) is 2.